The zero-order valence-electron chi connectivity index (χ0n) is 19.9. The Morgan fingerprint density at radius 3 is 2.27 bits per heavy atom. The molecule has 0 unspecified atom stereocenters. The van der Waals surface area contributed by atoms with Crippen LogP contribution in [0.3, 0.4) is 0 Å². The summed E-state index contributed by atoms with van der Waals surface area (Å²) in [5, 5.41) is 2.93. The van der Waals surface area contributed by atoms with Crippen LogP contribution < -0.4 is 5.32 Å². The third kappa shape index (κ3) is 5.27. The molecule has 2 aromatic rings. The Morgan fingerprint density at radius 1 is 1.00 bits per heavy atom. The monoisotopic (exact) mass is 451 g/mol. The number of carbonyl (C=O) groups excluding carboxylic acids is 2. The maximum Gasteiger partial charge on any atom is 0.256 e. The molecule has 2 amide bonds. The molecule has 2 fully saturated rings. The summed E-state index contributed by atoms with van der Waals surface area (Å²) in [5.74, 6) is -0.0533. The molecule has 0 aromatic heterocycles. The van der Waals surface area contributed by atoms with Gasteiger partial charge in [0.05, 0.1) is 0 Å². The molecule has 0 spiro atoms. The number of nitrogens with one attached hydrogen (secondary N) is 1. The highest BCUT2D eigenvalue weighted by molar-refractivity contribution is 6.06. The maximum absolute atomic E-state index is 14.5. The van der Waals surface area contributed by atoms with Gasteiger partial charge in [0.2, 0.25) is 5.91 Å². The standard InChI is InChI=1S/C27H34FN3O2/c1-18-7-6-8-19(2)25(18)26(32)29-24-16-23(28)15-22(20(24)3)17-30-11-13-31(14-12-30)27(33)21-9-4-5-10-21/h6-8,15-16,21H,4-5,9-14,17H2,1-3H3,(H,29,32). The fraction of sp³-hybridized carbons (Fsp3) is 0.481. The molecule has 1 saturated carbocycles. The molecule has 0 radical (unpaired) electrons. The first-order chi connectivity index (χ1) is 15.8. The van der Waals surface area contributed by atoms with Crippen LogP contribution in [0.15, 0.2) is 30.3 Å². The highest BCUT2D eigenvalue weighted by Gasteiger charge is 2.29. The number of hydrogen-bond acceptors (Lipinski definition) is 3. The topological polar surface area (TPSA) is 52.7 Å². The summed E-state index contributed by atoms with van der Waals surface area (Å²) in [7, 11) is 0. The molecule has 6 heteroatoms. The molecule has 0 atom stereocenters. The van der Waals surface area contributed by atoms with Crippen LogP contribution in [0.2, 0.25) is 0 Å². The summed E-state index contributed by atoms with van der Waals surface area (Å²) in [6, 6.07) is 8.68. The molecule has 0 bridgehead atoms. The predicted octanol–water partition coefficient (Wildman–Crippen LogP) is 4.84. The molecule has 1 heterocycles. The van der Waals surface area contributed by atoms with Crippen LogP contribution in [-0.2, 0) is 11.3 Å². The first-order valence-electron chi connectivity index (χ1n) is 12.0. The first kappa shape index (κ1) is 23.4. The summed E-state index contributed by atoms with van der Waals surface area (Å²) in [4.78, 5) is 29.9. The minimum absolute atomic E-state index is 0.213. The van der Waals surface area contributed by atoms with Gasteiger partial charge < -0.3 is 10.2 Å². The summed E-state index contributed by atoms with van der Waals surface area (Å²) in [5.41, 5.74) is 4.67. The van der Waals surface area contributed by atoms with E-state index in [-0.39, 0.29) is 17.6 Å². The van der Waals surface area contributed by atoms with Crippen molar-refractivity contribution in [3.05, 3.63) is 64.0 Å². The second kappa shape index (κ2) is 10.0. The molecule has 2 aromatic carbocycles. The molecule has 2 aliphatic rings. The van der Waals surface area contributed by atoms with E-state index in [0.29, 0.717) is 23.7 Å². The Hall–Kier alpha value is -2.73. The van der Waals surface area contributed by atoms with E-state index < -0.39 is 0 Å². The van der Waals surface area contributed by atoms with Gasteiger partial charge in [-0.1, -0.05) is 31.0 Å². The maximum atomic E-state index is 14.5. The van der Waals surface area contributed by atoms with Crippen molar-refractivity contribution in [1.29, 1.82) is 0 Å². The summed E-state index contributed by atoms with van der Waals surface area (Å²) in [6.45, 7) is 9.33. The highest BCUT2D eigenvalue weighted by Crippen LogP contribution is 2.28. The molecular weight excluding hydrogens is 417 g/mol. The van der Waals surface area contributed by atoms with Crippen LogP contribution in [0.25, 0.3) is 0 Å². The third-order valence-electron chi connectivity index (χ3n) is 7.22. The Kier molecular flexibility index (Phi) is 7.13. The van der Waals surface area contributed by atoms with Crippen molar-refractivity contribution >= 4 is 17.5 Å². The molecule has 5 nitrogen and oxygen atoms in total. The van der Waals surface area contributed by atoms with E-state index in [9.17, 15) is 14.0 Å². The Balaban J connectivity index is 1.42. The minimum atomic E-state index is -0.359. The number of halogens is 1. The number of piperazine rings is 1. The zero-order chi connectivity index (χ0) is 23.5. The lowest BCUT2D eigenvalue weighted by Gasteiger charge is -2.36. The predicted molar refractivity (Wildman–Crippen MR) is 129 cm³/mol. The molecule has 1 N–H and O–H groups in total. The molecule has 4 rings (SSSR count). The van der Waals surface area contributed by atoms with Crippen molar-refractivity contribution in [3.8, 4) is 0 Å². The van der Waals surface area contributed by atoms with Gasteiger partial charge in [-0.05, 0) is 68.0 Å². The average molecular weight is 452 g/mol. The zero-order valence-corrected chi connectivity index (χ0v) is 19.9. The summed E-state index contributed by atoms with van der Waals surface area (Å²) < 4.78 is 14.5. The van der Waals surface area contributed by atoms with Crippen molar-refractivity contribution in [2.75, 3.05) is 31.5 Å². The van der Waals surface area contributed by atoms with Crippen molar-refractivity contribution < 1.29 is 14.0 Å². The number of benzene rings is 2. The molecule has 1 aliphatic heterocycles. The van der Waals surface area contributed by atoms with Crippen LogP contribution >= 0.6 is 0 Å². The van der Waals surface area contributed by atoms with E-state index in [0.717, 1.165) is 74.1 Å². The van der Waals surface area contributed by atoms with Gasteiger partial charge in [-0.15, -0.1) is 0 Å². The lowest BCUT2D eigenvalue weighted by atomic mass is 10.0. The van der Waals surface area contributed by atoms with E-state index in [1.165, 1.54) is 6.07 Å². The normalized spacial score (nSPS) is 17.4. The van der Waals surface area contributed by atoms with Crippen LogP contribution in [0.5, 0.6) is 0 Å². The Bertz CT molecular complexity index is 1020. The van der Waals surface area contributed by atoms with Gasteiger partial charge in [0, 0.05) is 49.9 Å². The SMILES string of the molecule is Cc1cccc(C)c1C(=O)Nc1cc(F)cc(CN2CCN(C(=O)C3CCCC3)CC2)c1C. The average Bonchev–Trinajstić information content (AvgIpc) is 3.32. The van der Waals surface area contributed by atoms with Gasteiger partial charge >= 0.3 is 0 Å². The van der Waals surface area contributed by atoms with Crippen molar-refractivity contribution in [3.63, 3.8) is 0 Å². The van der Waals surface area contributed by atoms with Crippen molar-refractivity contribution in [1.82, 2.24) is 9.80 Å². The number of hydrogen-bond donors (Lipinski definition) is 1. The van der Waals surface area contributed by atoms with Crippen LogP contribution in [0.4, 0.5) is 10.1 Å². The van der Waals surface area contributed by atoms with E-state index in [1.54, 1.807) is 6.07 Å². The molecule has 1 saturated heterocycles. The van der Waals surface area contributed by atoms with Gasteiger partial charge in [-0.2, -0.15) is 0 Å². The van der Waals surface area contributed by atoms with Crippen molar-refractivity contribution in [2.24, 2.45) is 5.92 Å². The Morgan fingerprint density at radius 2 is 1.64 bits per heavy atom. The second-order valence-corrected chi connectivity index (χ2v) is 9.54. The number of rotatable bonds is 5. The smallest absolute Gasteiger partial charge is 0.256 e. The quantitative estimate of drug-likeness (QED) is 0.708. The molecule has 33 heavy (non-hydrogen) atoms. The number of nitrogens with zero attached hydrogens (tertiary/aromatic N) is 2. The number of aryl methyl sites for hydroxylation is 2. The molecule has 176 valence electrons. The highest BCUT2D eigenvalue weighted by atomic mass is 19.1. The largest absolute Gasteiger partial charge is 0.340 e. The molecular formula is C27H34FN3O2. The third-order valence-corrected chi connectivity index (χ3v) is 7.22. The van der Waals surface area contributed by atoms with E-state index in [1.807, 2.05) is 43.9 Å². The number of amides is 2. The molecule has 1 aliphatic carbocycles. The second-order valence-electron chi connectivity index (χ2n) is 9.54. The fourth-order valence-corrected chi connectivity index (χ4v) is 5.19. The first-order valence-corrected chi connectivity index (χ1v) is 12.0. The van der Waals surface area contributed by atoms with Crippen LogP contribution in [0, 0.1) is 32.5 Å². The lowest BCUT2D eigenvalue weighted by molar-refractivity contribution is -0.137. The van der Waals surface area contributed by atoms with Gasteiger partial charge in [0.25, 0.3) is 5.91 Å². The van der Waals surface area contributed by atoms with Crippen LogP contribution in [0.1, 0.15) is 58.3 Å². The minimum Gasteiger partial charge on any atom is -0.340 e. The number of carbonyl (C=O) groups is 2. The van der Waals surface area contributed by atoms with Crippen molar-refractivity contribution in [2.45, 2.75) is 53.0 Å². The van der Waals surface area contributed by atoms with Gasteiger partial charge in [0.1, 0.15) is 5.82 Å². The van der Waals surface area contributed by atoms with E-state index in [2.05, 4.69) is 10.2 Å². The number of anilines is 1. The van der Waals surface area contributed by atoms with Gasteiger partial charge in [-0.3, -0.25) is 14.5 Å². The van der Waals surface area contributed by atoms with Gasteiger partial charge in [-0.25, -0.2) is 4.39 Å². The summed E-state index contributed by atoms with van der Waals surface area (Å²) >= 11 is 0. The van der Waals surface area contributed by atoms with Gasteiger partial charge in [0.15, 0.2) is 0 Å². The lowest BCUT2D eigenvalue weighted by Crippen LogP contribution is -2.49. The Labute approximate surface area is 196 Å². The van der Waals surface area contributed by atoms with E-state index in [4.69, 9.17) is 0 Å². The van der Waals surface area contributed by atoms with E-state index >= 15 is 0 Å². The fourth-order valence-electron chi connectivity index (χ4n) is 5.19. The van der Waals surface area contributed by atoms with Crippen LogP contribution in [-0.4, -0.2) is 47.8 Å². The summed E-state index contributed by atoms with van der Waals surface area (Å²) in [6.07, 6.45) is 4.38.